The number of ether oxygens (including phenoxy) is 1. The molecule has 1 rings (SSSR count). The van der Waals surface area contributed by atoms with Gasteiger partial charge in [0.1, 0.15) is 5.02 Å². The van der Waals surface area contributed by atoms with Gasteiger partial charge in [-0.25, -0.2) is 4.79 Å². The van der Waals surface area contributed by atoms with Gasteiger partial charge in [0.25, 0.3) is 5.88 Å². The van der Waals surface area contributed by atoms with Gasteiger partial charge in [-0.3, -0.25) is 5.10 Å². The molecular formula is C7H9ClN2O3. The third-order valence-electron chi connectivity index (χ3n) is 1.24. The number of hydrogen-bond acceptors (Lipinski definition) is 3. The smallest absolute Gasteiger partial charge is 0.355 e. The SMILES string of the molecule is CC(C)Oc1n[nH]c(C(=O)O)c1Cl. The molecule has 0 saturated heterocycles. The Bertz CT molecular complexity index is 322. The summed E-state index contributed by atoms with van der Waals surface area (Å²) in [5, 5.41) is 14.5. The van der Waals surface area contributed by atoms with Crippen molar-refractivity contribution >= 4 is 17.6 Å². The highest BCUT2D eigenvalue weighted by Crippen LogP contribution is 2.25. The van der Waals surface area contributed by atoms with Gasteiger partial charge in [0, 0.05) is 0 Å². The molecule has 0 aromatic carbocycles. The molecule has 0 fully saturated rings. The topological polar surface area (TPSA) is 75.2 Å². The molecular weight excluding hydrogens is 196 g/mol. The van der Waals surface area contributed by atoms with Crippen molar-refractivity contribution < 1.29 is 14.6 Å². The Morgan fingerprint density at radius 1 is 1.69 bits per heavy atom. The molecule has 0 aliphatic heterocycles. The number of hydrogen-bond donors (Lipinski definition) is 2. The number of carboxylic acid groups (broad SMARTS) is 1. The third kappa shape index (κ3) is 2.12. The molecule has 0 spiro atoms. The first kappa shape index (κ1) is 9.85. The predicted octanol–water partition coefficient (Wildman–Crippen LogP) is 1.55. The van der Waals surface area contributed by atoms with Crippen LogP contribution in [-0.4, -0.2) is 27.4 Å². The number of rotatable bonds is 3. The number of H-pyrrole nitrogens is 1. The fourth-order valence-electron chi connectivity index (χ4n) is 0.755. The van der Waals surface area contributed by atoms with Crippen molar-refractivity contribution in [3.05, 3.63) is 10.7 Å². The van der Waals surface area contributed by atoms with Crippen LogP contribution in [0.4, 0.5) is 0 Å². The van der Waals surface area contributed by atoms with E-state index in [1.54, 1.807) is 13.8 Å². The molecule has 1 aromatic rings. The first-order valence-electron chi connectivity index (χ1n) is 3.66. The highest BCUT2D eigenvalue weighted by atomic mass is 35.5. The first-order chi connectivity index (χ1) is 6.02. The molecule has 1 heterocycles. The summed E-state index contributed by atoms with van der Waals surface area (Å²) in [4.78, 5) is 10.5. The van der Waals surface area contributed by atoms with Crippen molar-refractivity contribution in [2.24, 2.45) is 0 Å². The van der Waals surface area contributed by atoms with E-state index in [9.17, 15) is 4.79 Å². The number of aromatic amines is 1. The minimum Gasteiger partial charge on any atom is -0.476 e. The Balaban J connectivity index is 2.93. The predicted molar refractivity (Wildman–Crippen MR) is 46.3 cm³/mol. The van der Waals surface area contributed by atoms with E-state index < -0.39 is 5.97 Å². The van der Waals surface area contributed by atoms with Crippen LogP contribution >= 0.6 is 11.6 Å². The lowest BCUT2D eigenvalue weighted by atomic mass is 10.4. The number of carbonyl (C=O) groups is 1. The van der Waals surface area contributed by atoms with E-state index in [4.69, 9.17) is 21.4 Å². The second kappa shape index (κ2) is 3.66. The molecule has 0 aliphatic carbocycles. The van der Waals surface area contributed by atoms with Crippen LogP contribution in [0.1, 0.15) is 24.3 Å². The van der Waals surface area contributed by atoms with E-state index in [2.05, 4.69) is 10.2 Å². The summed E-state index contributed by atoms with van der Waals surface area (Å²) in [6, 6.07) is 0. The molecule has 0 unspecified atom stereocenters. The Hall–Kier alpha value is -1.23. The van der Waals surface area contributed by atoms with Crippen LogP contribution in [0, 0.1) is 0 Å². The van der Waals surface area contributed by atoms with Crippen molar-refractivity contribution in [3.63, 3.8) is 0 Å². The van der Waals surface area contributed by atoms with Gasteiger partial charge in [-0.2, -0.15) is 0 Å². The van der Waals surface area contributed by atoms with Crippen LogP contribution in [0.15, 0.2) is 0 Å². The second-order valence-corrected chi connectivity index (χ2v) is 3.07. The highest BCUT2D eigenvalue weighted by molar-refractivity contribution is 6.34. The zero-order chi connectivity index (χ0) is 10.0. The fourth-order valence-corrected chi connectivity index (χ4v) is 0.965. The van der Waals surface area contributed by atoms with Crippen LogP contribution in [-0.2, 0) is 0 Å². The lowest BCUT2D eigenvalue weighted by Gasteiger charge is -2.05. The van der Waals surface area contributed by atoms with Gasteiger partial charge >= 0.3 is 5.97 Å². The molecule has 0 atom stereocenters. The van der Waals surface area contributed by atoms with Crippen molar-refractivity contribution in [1.29, 1.82) is 0 Å². The molecule has 5 nitrogen and oxygen atoms in total. The summed E-state index contributed by atoms with van der Waals surface area (Å²) in [6.45, 7) is 3.59. The number of halogens is 1. The van der Waals surface area contributed by atoms with Crippen molar-refractivity contribution in [2.75, 3.05) is 0 Å². The molecule has 13 heavy (non-hydrogen) atoms. The molecule has 72 valence electrons. The molecule has 6 heteroatoms. The molecule has 0 aliphatic rings. The average molecular weight is 205 g/mol. The van der Waals surface area contributed by atoms with Gasteiger partial charge in [-0.15, -0.1) is 5.10 Å². The molecule has 1 aromatic heterocycles. The van der Waals surface area contributed by atoms with E-state index in [0.29, 0.717) is 0 Å². The maximum absolute atomic E-state index is 10.5. The summed E-state index contributed by atoms with van der Waals surface area (Å²) >= 11 is 5.66. The Morgan fingerprint density at radius 3 is 2.69 bits per heavy atom. The minimum absolute atomic E-state index is 0.00111. The molecule has 0 saturated carbocycles. The average Bonchev–Trinajstić information content (AvgIpc) is 2.32. The van der Waals surface area contributed by atoms with Gasteiger partial charge in [0.05, 0.1) is 6.10 Å². The number of aromatic nitrogens is 2. The normalized spacial score (nSPS) is 10.5. The molecule has 0 bridgehead atoms. The Kier molecular flexibility index (Phi) is 2.77. The van der Waals surface area contributed by atoms with E-state index >= 15 is 0 Å². The summed E-state index contributed by atoms with van der Waals surface area (Å²) in [5.74, 6) is -1.04. The molecule has 0 radical (unpaired) electrons. The fraction of sp³-hybridized carbons (Fsp3) is 0.429. The number of nitrogens with zero attached hydrogens (tertiary/aromatic N) is 1. The summed E-state index contributed by atoms with van der Waals surface area (Å²) in [5.41, 5.74) is -0.155. The summed E-state index contributed by atoms with van der Waals surface area (Å²) < 4.78 is 5.14. The maximum Gasteiger partial charge on any atom is 0.355 e. The van der Waals surface area contributed by atoms with E-state index in [1.165, 1.54) is 0 Å². The standard InChI is InChI=1S/C7H9ClN2O3/c1-3(2)13-6-4(8)5(7(11)12)9-10-6/h3H,1-2H3,(H,9,10)(H,11,12). The van der Waals surface area contributed by atoms with Gasteiger partial charge in [-0.05, 0) is 13.8 Å². The van der Waals surface area contributed by atoms with Crippen LogP contribution in [0.2, 0.25) is 5.02 Å². The van der Waals surface area contributed by atoms with Crippen LogP contribution in [0.25, 0.3) is 0 Å². The van der Waals surface area contributed by atoms with E-state index in [-0.39, 0.29) is 22.7 Å². The monoisotopic (exact) mass is 204 g/mol. The van der Waals surface area contributed by atoms with E-state index in [0.717, 1.165) is 0 Å². The summed E-state index contributed by atoms with van der Waals surface area (Å²) in [7, 11) is 0. The van der Waals surface area contributed by atoms with Gasteiger partial charge in [0.15, 0.2) is 5.69 Å². The zero-order valence-electron chi connectivity index (χ0n) is 7.17. The van der Waals surface area contributed by atoms with Gasteiger partial charge in [0.2, 0.25) is 0 Å². The van der Waals surface area contributed by atoms with Crippen LogP contribution in [0.3, 0.4) is 0 Å². The quantitative estimate of drug-likeness (QED) is 0.783. The maximum atomic E-state index is 10.5. The van der Waals surface area contributed by atoms with Crippen molar-refractivity contribution in [2.45, 2.75) is 20.0 Å². The molecule has 2 N–H and O–H groups in total. The lowest BCUT2D eigenvalue weighted by molar-refractivity contribution is 0.0690. The molecule has 0 amide bonds. The van der Waals surface area contributed by atoms with Crippen LogP contribution in [0.5, 0.6) is 5.88 Å². The summed E-state index contributed by atoms with van der Waals surface area (Å²) in [6.07, 6.45) is -0.0950. The van der Waals surface area contributed by atoms with Gasteiger partial charge < -0.3 is 9.84 Å². The highest BCUT2D eigenvalue weighted by Gasteiger charge is 2.18. The zero-order valence-corrected chi connectivity index (χ0v) is 7.92. The van der Waals surface area contributed by atoms with Gasteiger partial charge in [-0.1, -0.05) is 11.6 Å². The number of aromatic carboxylic acids is 1. The largest absolute Gasteiger partial charge is 0.476 e. The van der Waals surface area contributed by atoms with E-state index in [1.807, 2.05) is 0 Å². The lowest BCUT2D eigenvalue weighted by Crippen LogP contribution is -2.06. The van der Waals surface area contributed by atoms with Crippen molar-refractivity contribution in [3.8, 4) is 5.88 Å². The number of carboxylic acids is 1. The Morgan fingerprint density at radius 2 is 2.31 bits per heavy atom. The van der Waals surface area contributed by atoms with Crippen molar-refractivity contribution in [1.82, 2.24) is 10.2 Å². The van der Waals surface area contributed by atoms with Crippen LogP contribution < -0.4 is 4.74 Å². The minimum atomic E-state index is -1.16. The Labute approximate surface area is 79.7 Å². The second-order valence-electron chi connectivity index (χ2n) is 2.69. The first-order valence-corrected chi connectivity index (χ1v) is 4.04. The number of nitrogens with one attached hydrogen (secondary N) is 1. The third-order valence-corrected chi connectivity index (χ3v) is 1.59.